The van der Waals surface area contributed by atoms with Crippen LogP contribution >= 0.6 is 0 Å². The normalized spacial score (nSPS) is 13.6. The number of unbranched alkanes of at least 4 members (excludes halogenated alkanes) is 1. The molecule has 1 aromatic carbocycles. The van der Waals surface area contributed by atoms with Crippen molar-refractivity contribution in [1.29, 1.82) is 0 Å². The van der Waals surface area contributed by atoms with Gasteiger partial charge in [0.25, 0.3) is 0 Å². The number of para-hydroxylation sites is 1. The van der Waals surface area contributed by atoms with Crippen LogP contribution in [0, 0.1) is 0 Å². The molecule has 3 atom stereocenters. The van der Waals surface area contributed by atoms with Crippen LogP contribution in [0.2, 0.25) is 0 Å². The van der Waals surface area contributed by atoms with Gasteiger partial charge in [-0.3, -0.25) is 14.4 Å². The Morgan fingerprint density at radius 2 is 1.76 bits per heavy atom. The maximum atomic E-state index is 12.5. The molecule has 10 N–H and O–H groups in total. The molecule has 0 aliphatic heterocycles. The molecule has 186 valence electrons. The number of carbonyl (C=O) groups is 4. The lowest BCUT2D eigenvalue weighted by molar-refractivity contribution is -0.142. The summed E-state index contributed by atoms with van der Waals surface area (Å²) in [6, 6.07) is 4.13. The predicted octanol–water partition coefficient (Wildman–Crippen LogP) is -1.67. The minimum Gasteiger partial charge on any atom is -0.480 e. The fourth-order valence-corrected chi connectivity index (χ4v) is 3.39. The third-order valence-corrected chi connectivity index (χ3v) is 5.27. The molecule has 12 nitrogen and oxygen atoms in total. The van der Waals surface area contributed by atoms with E-state index in [0.29, 0.717) is 19.4 Å². The summed E-state index contributed by atoms with van der Waals surface area (Å²) in [5.74, 6) is -3.36. The number of rotatable bonds is 14. The summed E-state index contributed by atoms with van der Waals surface area (Å²) in [4.78, 5) is 51.2. The number of amides is 3. The number of carbonyl (C=O) groups excluding carboxylic acids is 3. The second kappa shape index (κ2) is 13.3. The van der Waals surface area contributed by atoms with Gasteiger partial charge in [-0.15, -0.1) is 0 Å². The van der Waals surface area contributed by atoms with Crippen LogP contribution in [0.1, 0.15) is 24.8 Å². The number of hydrogen-bond donors (Lipinski definition) is 8. The van der Waals surface area contributed by atoms with Crippen molar-refractivity contribution < 1.29 is 29.4 Å². The first-order chi connectivity index (χ1) is 16.3. The first kappa shape index (κ1) is 26.8. The average Bonchev–Trinajstić information content (AvgIpc) is 3.22. The minimum absolute atomic E-state index is 0.204. The van der Waals surface area contributed by atoms with Gasteiger partial charge in [0.1, 0.15) is 12.1 Å². The predicted molar refractivity (Wildman–Crippen MR) is 124 cm³/mol. The van der Waals surface area contributed by atoms with Crippen LogP contribution in [0.4, 0.5) is 0 Å². The van der Waals surface area contributed by atoms with E-state index in [0.717, 1.165) is 16.5 Å². The second-order valence-corrected chi connectivity index (χ2v) is 7.87. The largest absolute Gasteiger partial charge is 0.480 e. The standard InChI is InChI=1S/C22H32N6O6/c23-8-4-3-7-17(22(33)34)27-19(30)11-26-21(32)18(12-29)28-20(31)15(24)9-13-10-25-16-6-2-1-5-14(13)16/h1-2,5-6,10,15,17-18,25,29H,3-4,7-9,11-12,23-24H2,(H,26,32)(H,27,30)(H,28,31)(H,33,34). The number of aromatic amines is 1. The van der Waals surface area contributed by atoms with Gasteiger partial charge >= 0.3 is 5.97 Å². The molecule has 0 fully saturated rings. The molecule has 3 amide bonds. The Hall–Kier alpha value is -3.48. The first-order valence-corrected chi connectivity index (χ1v) is 11.0. The van der Waals surface area contributed by atoms with E-state index >= 15 is 0 Å². The van der Waals surface area contributed by atoms with Gasteiger partial charge in [0.15, 0.2) is 0 Å². The van der Waals surface area contributed by atoms with E-state index in [1.54, 1.807) is 6.20 Å². The number of aliphatic hydroxyl groups is 1. The van der Waals surface area contributed by atoms with Crippen molar-refractivity contribution in [3.05, 3.63) is 36.0 Å². The number of fused-ring (bicyclic) bond motifs is 1. The Morgan fingerprint density at radius 1 is 1.03 bits per heavy atom. The van der Waals surface area contributed by atoms with E-state index in [1.807, 2.05) is 24.3 Å². The van der Waals surface area contributed by atoms with Gasteiger partial charge in [0.2, 0.25) is 17.7 Å². The Bertz CT molecular complexity index is 993. The first-order valence-electron chi connectivity index (χ1n) is 11.0. The summed E-state index contributed by atoms with van der Waals surface area (Å²) in [5, 5.41) is 26.6. The van der Waals surface area contributed by atoms with Crippen LogP contribution in [0.15, 0.2) is 30.5 Å². The summed E-state index contributed by atoms with van der Waals surface area (Å²) in [5.41, 5.74) is 13.1. The lowest BCUT2D eigenvalue weighted by Gasteiger charge is -2.19. The third kappa shape index (κ3) is 7.83. The number of carboxylic acids is 1. The molecule has 0 spiro atoms. The quantitative estimate of drug-likeness (QED) is 0.147. The van der Waals surface area contributed by atoms with E-state index in [1.165, 1.54) is 0 Å². The van der Waals surface area contributed by atoms with E-state index in [2.05, 4.69) is 20.9 Å². The number of aliphatic hydroxyl groups excluding tert-OH is 1. The summed E-state index contributed by atoms with van der Waals surface area (Å²) >= 11 is 0. The number of nitrogens with two attached hydrogens (primary N) is 2. The molecule has 1 heterocycles. The Kier molecular flexibility index (Phi) is 10.5. The van der Waals surface area contributed by atoms with E-state index in [9.17, 15) is 29.4 Å². The molecule has 0 aliphatic rings. The number of aromatic nitrogens is 1. The molecule has 0 saturated carbocycles. The molecular weight excluding hydrogens is 444 g/mol. The summed E-state index contributed by atoms with van der Waals surface area (Å²) in [6.45, 7) is -0.820. The Balaban J connectivity index is 1.84. The zero-order valence-corrected chi connectivity index (χ0v) is 18.8. The van der Waals surface area contributed by atoms with Gasteiger partial charge in [-0.2, -0.15) is 0 Å². The minimum atomic E-state index is -1.32. The van der Waals surface area contributed by atoms with Gasteiger partial charge in [0, 0.05) is 17.1 Å². The van der Waals surface area contributed by atoms with Crippen LogP contribution in [0.3, 0.4) is 0 Å². The third-order valence-electron chi connectivity index (χ3n) is 5.27. The fourth-order valence-electron chi connectivity index (χ4n) is 3.39. The van der Waals surface area contributed by atoms with Gasteiger partial charge in [-0.25, -0.2) is 4.79 Å². The molecule has 3 unspecified atom stereocenters. The molecule has 0 saturated heterocycles. The van der Waals surface area contributed by atoms with Crippen LogP contribution < -0.4 is 27.4 Å². The van der Waals surface area contributed by atoms with Crippen LogP contribution in [0.5, 0.6) is 0 Å². The molecule has 12 heteroatoms. The molecule has 34 heavy (non-hydrogen) atoms. The van der Waals surface area contributed by atoms with Crippen molar-refractivity contribution in [3.63, 3.8) is 0 Å². The number of hydrogen-bond acceptors (Lipinski definition) is 7. The molecule has 0 radical (unpaired) electrons. The zero-order valence-electron chi connectivity index (χ0n) is 18.8. The monoisotopic (exact) mass is 476 g/mol. The van der Waals surface area contributed by atoms with Gasteiger partial charge < -0.3 is 42.6 Å². The Labute approximate surface area is 196 Å². The zero-order chi connectivity index (χ0) is 25.1. The van der Waals surface area contributed by atoms with Gasteiger partial charge in [0.05, 0.1) is 19.2 Å². The lowest BCUT2D eigenvalue weighted by atomic mass is 10.0. The highest BCUT2D eigenvalue weighted by Crippen LogP contribution is 2.18. The second-order valence-electron chi connectivity index (χ2n) is 7.87. The number of aliphatic carboxylic acids is 1. The van der Waals surface area contributed by atoms with Crippen molar-refractivity contribution in [2.24, 2.45) is 11.5 Å². The van der Waals surface area contributed by atoms with Gasteiger partial charge in [-0.05, 0) is 43.9 Å². The summed E-state index contributed by atoms with van der Waals surface area (Å²) < 4.78 is 0. The number of H-pyrrole nitrogens is 1. The average molecular weight is 477 g/mol. The van der Waals surface area contributed by atoms with Crippen LogP contribution in [0.25, 0.3) is 10.9 Å². The van der Waals surface area contributed by atoms with E-state index in [4.69, 9.17) is 11.5 Å². The maximum absolute atomic E-state index is 12.5. The Morgan fingerprint density at radius 3 is 2.44 bits per heavy atom. The molecule has 2 rings (SSSR count). The maximum Gasteiger partial charge on any atom is 0.326 e. The topological polar surface area (TPSA) is 213 Å². The van der Waals surface area contributed by atoms with Crippen molar-refractivity contribution in [2.45, 2.75) is 43.8 Å². The highest BCUT2D eigenvalue weighted by atomic mass is 16.4. The van der Waals surface area contributed by atoms with Crippen molar-refractivity contribution >= 4 is 34.6 Å². The van der Waals surface area contributed by atoms with Crippen molar-refractivity contribution in [3.8, 4) is 0 Å². The highest BCUT2D eigenvalue weighted by molar-refractivity contribution is 5.93. The molecule has 2 aromatic rings. The van der Waals surface area contributed by atoms with Crippen molar-refractivity contribution in [2.75, 3.05) is 19.7 Å². The smallest absolute Gasteiger partial charge is 0.326 e. The number of nitrogens with one attached hydrogen (secondary N) is 4. The molecule has 0 aliphatic carbocycles. The summed E-state index contributed by atoms with van der Waals surface area (Å²) in [7, 11) is 0. The van der Waals surface area contributed by atoms with Crippen LogP contribution in [-0.2, 0) is 25.6 Å². The van der Waals surface area contributed by atoms with E-state index < -0.39 is 55.0 Å². The number of carboxylic acid groups (broad SMARTS) is 1. The molecule has 1 aromatic heterocycles. The van der Waals surface area contributed by atoms with Crippen LogP contribution in [-0.4, -0.2) is 76.7 Å². The van der Waals surface area contributed by atoms with Crippen molar-refractivity contribution in [1.82, 2.24) is 20.9 Å². The van der Waals surface area contributed by atoms with Gasteiger partial charge in [-0.1, -0.05) is 18.2 Å². The fraction of sp³-hybridized carbons (Fsp3) is 0.455. The molecular formula is C22H32N6O6. The van der Waals surface area contributed by atoms with E-state index in [-0.39, 0.29) is 12.8 Å². The highest BCUT2D eigenvalue weighted by Gasteiger charge is 2.25. The lowest BCUT2D eigenvalue weighted by Crippen LogP contribution is -2.55. The SMILES string of the molecule is NCCCCC(NC(=O)CNC(=O)C(CO)NC(=O)C(N)Cc1c[nH]c2ccccc12)C(=O)O. The molecule has 0 bridgehead atoms. The summed E-state index contributed by atoms with van der Waals surface area (Å²) in [6.07, 6.45) is 3.32. The number of benzene rings is 1.